The topological polar surface area (TPSA) is 101 Å². The van der Waals surface area contributed by atoms with Crippen LogP contribution in [0.1, 0.15) is 6.92 Å². The SMILES string of the molecule is C[C@](N)(C[Se]CC(=O)O)C(=O)O. The summed E-state index contributed by atoms with van der Waals surface area (Å²) in [6.45, 7) is 1.39. The summed E-state index contributed by atoms with van der Waals surface area (Å²) >= 11 is -0.242. The molecule has 0 saturated carbocycles. The van der Waals surface area contributed by atoms with E-state index in [1.165, 1.54) is 6.92 Å². The molecule has 0 radical (unpaired) electrons. The van der Waals surface area contributed by atoms with E-state index in [2.05, 4.69) is 0 Å². The van der Waals surface area contributed by atoms with Crippen LogP contribution in [0.3, 0.4) is 0 Å². The van der Waals surface area contributed by atoms with Crippen LogP contribution in [0.15, 0.2) is 0 Å². The summed E-state index contributed by atoms with van der Waals surface area (Å²) in [5.74, 6) is -1.99. The van der Waals surface area contributed by atoms with Crippen LogP contribution in [0.2, 0.25) is 10.6 Å². The van der Waals surface area contributed by atoms with E-state index in [0.29, 0.717) is 0 Å². The number of nitrogens with two attached hydrogens (primary N) is 1. The summed E-state index contributed by atoms with van der Waals surface area (Å²) in [5.41, 5.74) is 4.09. The molecule has 12 heavy (non-hydrogen) atoms. The Bertz CT molecular complexity index is 192. The molecule has 70 valence electrons. The molecule has 0 saturated heterocycles. The number of carbonyl (C=O) groups is 2. The van der Waals surface area contributed by atoms with Crippen molar-refractivity contribution in [3.8, 4) is 0 Å². The first-order valence-electron chi connectivity index (χ1n) is 3.18. The van der Waals surface area contributed by atoms with Gasteiger partial charge in [-0.2, -0.15) is 0 Å². The van der Waals surface area contributed by atoms with Gasteiger partial charge < -0.3 is 0 Å². The van der Waals surface area contributed by atoms with Gasteiger partial charge in [0.25, 0.3) is 0 Å². The zero-order valence-electron chi connectivity index (χ0n) is 6.61. The van der Waals surface area contributed by atoms with Gasteiger partial charge >= 0.3 is 75.5 Å². The fourth-order valence-electron chi connectivity index (χ4n) is 0.412. The molecule has 0 aliphatic heterocycles. The van der Waals surface area contributed by atoms with Gasteiger partial charge in [0, 0.05) is 0 Å². The molecule has 0 bridgehead atoms. The first-order chi connectivity index (χ1) is 5.36. The average molecular weight is 240 g/mol. The van der Waals surface area contributed by atoms with Gasteiger partial charge in [-0.25, -0.2) is 0 Å². The Kier molecular flexibility index (Phi) is 4.23. The molecule has 4 N–H and O–H groups in total. The van der Waals surface area contributed by atoms with Crippen molar-refractivity contribution in [3.05, 3.63) is 0 Å². The first-order valence-corrected chi connectivity index (χ1v) is 5.60. The molecule has 6 heteroatoms. The average Bonchev–Trinajstić information content (AvgIpc) is 1.85. The van der Waals surface area contributed by atoms with Crippen molar-refractivity contribution in [3.63, 3.8) is 0 Å². The third kappa shape index (κ3) is 4.33. The predicted octanol–water partition coefficient (Wildman–Crippen LogP) is -0.586. The van der Waals surface area contributed by atoms with Crippen molar-refractivity contribution in [2.75, 3.05) is 0 Å². The van der Waals surface area contributed by atoms with Crippen molar-refractivity contribution in [2.24, 2.45) is 5.73 Å². The molecule has 0 aromatic rings. The van der Waals surface area contributed by atoms with Crippen LogP contribution in [0, 0.1) is 0 Å². The van der Waals surface area contributed by atoms with Crippen molar-refractivity contribution < 1.29 is 19.8 Å². The van der Waals surface area contributed by atoms with Gasteiger partial charge in [-0.15, -0.1) is 0 Å². The monoisotopic (exact) mass is 241 g/mol. The van der Waals surface area contributed by atoms with E-state index >= 15 is 0 Å². The zero-order valence-corrected chi connectivity index (χ0v) is 8.32. The molecule has 0 heterocycles. The summed E-state index contributed by atoms with van der Waals surface area (Å²) in [7, 11) is 0. The number of carboxylic acids is 2. The number of rotatable bonds is 5. The van der Waals surface area contributed by atoms with Gasteiger partial charge in [0.1, 0.15) is 0 Å². The van der Waals surface area contributed by atoms with Crippen LogP contribution < -0.4 is 5.73 Å². The second kappa shape index (κ2) is 4.45. The van der Waals surface area contributed by atoms with Gasteiger partial charge in [0.2, 0.25) is 0 Å². The molecule has 0 unspecified atom stereocenters. The molecule has 0 fully saturated rings. The quantitative estimate of drug-likeness (QED) is 0.558. The maximum atomic E-state index is 10.4. The molecular weight excluding hydrogens is 229 g/mol. The Morgan fingerprint density at radius 1 is 1.50 bits per heavy atom. The van der Waals surface area contributed by atoms with Gasteiger partial charge in [-0.05, 0) is 0 Å². The fraction of sp³-hybridized carbons (Fsp3) is 0.667. The van der Waals surface area contributed by atoms with Crippen LogP contribution in [0.5, 0.6) is 0 Å². The van der Waals surface area contributed by atoms with Crippen LogP contribution in [-0.4, -0.2) is 42.6 Å². The molecule has 0 aliphatic carbocycles. The molecule has 5 nitrogen and oxygen atoms in total. The van der Waals surface area contributed by atoms with Crippen LogP contribution in [0.25, 0.3) is 0 Å². The Hall–Kier alpha value is -0.581. The number of hydrogen-bond donors (Lipinski definition) is 3. The van der Waals surface area contributed by atoms with E-state index in [0.717, 1.165) is 0 Å². The molecule has 0 amide bonds. The standard InChI is InChI=1S/C6H11NO4Se/c1-6(7,5(10)11)3-12-2-4(8)9/h2-3,7H2,1H3,(H,8,9)(H,10,11)/t6-/m0/s1. The number of aliphatic carboxylic acids is 2. The van der Waals surface area contributed by atoms with E-state index in [1.807, 2.05) is 0 Å². The Balaban J connectivity index is 3.76. The van der Waals surface area contributed by atoms with Crippen LogP contribution in [0.4, 0.5) is 0 Å². The summed E-state index contributed by atoms with van der Waals surface area (Å²) in [6.07, 6.45) is 0. The minimum absolute atomic E-state index is 0.0209. The van der Waals surface area contributed by atoms with E-state index in [1.54, 1.807) is 0 Å². The van der Waals surface area contributed by atoms with E-state index < -0.39 is 17.5 Å². The summed E-state index contributed by atoms with van der Waals surface area (Å²) < 4.78 is 0. The molecule has 0 rings (SSSR count). The second-order valence-corrected chi connectivity index (χ2v) is 4.68. The van der Waals surface area contributed by atoms with Gasteiger partial charge in [0.05, 0.1) is 0 Å². The summed E-state index contributed by atoms with van der Waals surface area (Å²) in [6, 6.07) is 0. The van der Waals surface area contributed by atoms with Crippen molar-refractivity contribution in [1.29, 1.82) is 0 Å². The van der Waals surface area contributed by atoms with Crippen LogP contribution >= 0.6 is 0 Å². The number of carboxylic acid groups (broad SMARTS) is 2. The normalized spacial score (nSPS) is 15.2. The zero-order chi connectivity index (χ0) is 9.78. The first kappa shape index (κ1) is 11.4. The number of hydrogen-bond acceptors (Lipinski definition) is 3. The van der Waals surface area contributed by atoms with Crippen molar-refractivity contribution in [1.82, 2.24) is 0 Å². The molecule has 0 aliphatic rings. The van der Waals surface area contributed by atoms with Gasteiger partial charge in [-0.3, -0.25) is 0 Å². The van der Waals surface area contributed by atoms with Gasteiger partial charge in [0.15, 0.2) is 0 Å². The predicted molar refractivity (Wildman–Crippen MR) is 43.2 cm³/mol. The molecule has 0 aromatic heterocycles. The van der Waals surface area contributed by atoms with Crippen molar-refractivity contribution >= 4 is 26.9 Å². The van der Waals surface area contributed by atoms with Crippen LogP contribution in [-0.2, 0) is 9.59 Å². The van der Waals surface area contributed by atoms with Crippen molar-refractivity contribution in [2.45, 2.75) is 23.1 Å². The molecule has 0 aromatic carbocycles. The Morgan fingerprint density at radius 3 is 2.33 bits per heavy atom. The molecular formula is C6H11NO4Se. The third-order valence-corrected chi connectivity index (χ3v) is 3.75. The molecule has 0 spiro atoms. The maximum absolute atomic E-state index is 10.4. The second-order valence-electron chi connectivity index (χ2n) is 2.61. The van der Waals surface area contributed by atoms with E-state index in [-0.39, 0.29) is 25.6 Å². The summed E-state index contributed by atoms with van der Waals surface area (Å²) in [4.78, 5) is 20.5. The Labute approximate surface area is 76.1 Å². The minimum atomic E-state index is -1.28. The fourth-order valence-corrected chi connectivity index (χ4v) is 2.14. The van der Waals surface area contributed by atoms with E-state index in [9.17, 15) is 9.59 Å². The molecule has 1 atom stereocenters. The summed E-state index contributed by atoms with van der Waals surface area (Å²) in [5, 5.41) is 17.1. The Morgan fingerprint density at radius 2 is 2.00 bits per heavy atom. The van der Waals surface area contributed by atoms with Gasteiger partial charge in [-0.1, -0.05) is 0 Å². The third-order valence-electron chi connectivity index (χ3n) is 1.12. The van der Waals surface area contributed by atoms with E-state index in [4.69, 9.17) is 15.9 Å².